The first-order chi connectivity index (χ1) is 26.8. The molecule has 0 spiro atoms. The smallest absolute Gasteiger partial charge is 0.161 e. The lowest BCUT2D eigenvalue weighted by molar-refractivity contribution is -0.161. The van der Waals surface area contributed by atoms with Crippen molar-refractivity contribution in [1.29, 1.82) is 0 Å². The molecule has 0 aliphatic carbocycles. The first-order valence-corrected chi connectivity index (χ1v) is 22.3. The quantitative estimate of drug-likeness (QED) is 0.0386. The zero-order valence-corrected chi connectivity index (χ0v) is 36.8. The number of methoxy groups -OCH3 is 3. The molecule has 7 heteroatoms. The van der Waals surface area contributed by atoms with Crippen LogP contribution in [0.5, 0.6) is 11.5 Å². The summed E-state index contributed by atoms with van der Waals surface area (Å²) in [6, 6.07) is 29.7. The van der Waals surface area contributed by atoms with Gasteiger partial charge in [-0.05, 0) is 111 Å². The van der Waals surface area contributed by atoms with Crippen molar-refractivity contribution in [1.82, 2.24) is 0 Å². The largest absolute Gasteiger partial charge is 0.497 e. The molecule has 0 heterocycles. The van der Waals surface area contributed by atoms with Crippen molar-refractivity contribution in [2.45, 2.75) is 83.0 Å². The first-order valence-electron chi connectivity index (χ1n) is 19.1. The van der Waals surface area contributed by atoms with Crippen molar-refractivity contribution in [2.75, 3.05) is 32.8 Å². The van der Waals surface area contributed by atoms with Crippen molar-refractivity contribution in [3.05, 3.63) is 143 Å². The molecule has 0 saturated carbocycles. The van der Waals surface area contributed by atoms with Gasteiger partial charge >= 0.3 is 0 Å². The molecular formula is C49H64O5S2. The Balaban J connectivity index is 0.000000301. The summed E-state index contributed by atoms with van der Waals surface area (Å²) in [6.07, 6.45) is 9.13. The number of carbonyl (C=O) groups excluding carboxylic acids is 1. The predicted octanol–water partition coefficient (Wildman–Crippen LogP) is 11.7. The lowest BCUT2D eigenvalue weighted by Gasteiger charge is -2.26. The van der Waals surface area contributed by atoms with E-state index < -0.39 is 0 Å². The first kappa shape index (κ1) is 46.4. The molecule has 4 aromatic rings. The van der Waals surface area contributed by atoms with E-state index in [0.717, 1.165) is 48.6 Å². The summed E-state index contributed by atoms with van der Waals surface area (Å²) in [5, 5.41) is 0. The van der Waals surface area contributed by atoms with Crippen molar-refractivity contribution >= 4 is 39.0 Å². The summed E-state index contributed by atoms with van der Waals surface area (Å²) < 4.78 is 22.0. The Morgan fingerprint density at radius 3 is 1.64 bits per heavy atom. The van der Waals surface area contributed by atoms with Crippen LogP contribution in [-0.2, 0) is 27.1 Å². The molecule has 6 atom stereocenters. The van der Waals surface area contributed by atoms with E-state index in [1.54, 1.807) is 27.4 Å². The molecule has 0 aliphatic heterocycles. The van der Waals surface area contributed by atoms with E-state index in [1.165, 1.54) is 43.2 Å². The molecule has 0 aromatic heterocycles. The van der Waals surface area contributed by atoms with Crippen LogP contribution < -0.4 is 9.47 Å². The maximum Gasteiger partial charge on any atom is 0.161 e. The van der Waals surface area contributed by atoms with Crippen LogP contribution in [0, 0.1) is 25.2 Å². The molecule has 302 valence electrons. The van der Waals surface area contributed by atoms with Crippen LogP contribution in [0.25, 0.3) is 0 Å². The van der Waals surface area contributed by atoms with Crippen molar-refractivity contribution in [3.63, 3.8) is 0 Å². The highest BCUT2D eigenvalue weighted by Gasteiger charge is 2.24. The Morgan fingerprint density at radius 1 is 0.750 bits per heavy atom. The highest BCUT2D eigenvalue weighted by molar-refractivity contribution is 8.14. The van der Waals surface area contributed by atoms with Crippen molar-refractivity contribution < 1.29 is 23.7 Å². The third-order valence-corrected chi connectivity index (χ3v) is 13.6. The molecule has 4 aromatic carbocycles. The minimum Gasteiger partial charge on any atom is -0.497 e. The number of rotatable bonds is 20. The molecule has 0 radical (unpaired) electrons. The maximum absolute atomic E-state index is 11.7. The van der Waals surface area contributed by atoms with Gasteiger partial charge in [0.2, 0.25) is 0 Å². The third-order valence-electron chi connectivity index (χ3n) is 9.61. The van der Waals surface area contributed by atoms with Gasteiger partial charge in [-0.25, -0.2) is 0 Å². The summed E-state index contributed by atoms with van der Waals surface area (Å²) in [5.41, 5.74) is 7.26. The fourth-order valence-corrected chi connectivity index (χ4v) is 9.99. The predicted molar refractivity (Wildman–Crippen MR) is 244 cm³/mol. The monoisotopic (exact) mass is 796 g/mol. The van der Waals surface area contributed by atoms with Crippen LogP contribution >= 0.6 is 21.0 Å². The molecule has 0 aliphatic rings. The number of hydrogen-bond donors (Lipinski definition) is 0. The van der Waals surface area contributed by atoms with Crippen LogP contribution in [0.1, 0.15) is 67.5 Å². The second-order valence-corrected chi connectivity index (χ2v) is 18.2. The Bertz CT molecular complexity index is 1910. The zero-order valence-electron chi connectivity index (χ0n) is 35.1. The molecule has 0 amide bonds. The van der Waals surface area contributed by atoms with E-state index in [-0.39, 0.29) is 44.7 Å². The molecule has 0 fully saturated rings. The average molecular weight is 797 g/mol. The second kappa shape index (κ2) is 23.3. The third kappa shape index (κ3) is 14.5. The molecule has 56 heavy (non-hydrogen) atoms. The van der Waals surface area contributed by atoms with Crippen LogP contribution in [0.4, 0.5) is 0 Å². The van der Waals surface area contributed by atoms with Crippen LogP contribution in [0.3, 0.4) is 0 Å². The van der Waals surface area contributed by atoms with E-state index in [4.69, 9.17) is 18.9 Å². The molecular weight excluding hydrogens is 733 g/mol. The number of carbonyl (C=O) groups is 1. The maximum atomic E-state index is 11.7. The van der Waals surface area contributed by atoms with Gasteiger partial charge in [0.15, 0.2) is 6.29 Å². The number of allylic oxidation sites excluding steroid dienone is 2. The fraction of sp³-hybridized carbons (Fsp3) is 0.367. The van der Waals surface area contributed by atoms with Crippen LogP contribution in [0.15, 0.2) is 120 Å². The van der Waals surface area contributed by atoms with E-state index in [2.05, 4.69) is 106 Å². The highest BCUT2D eigenvalue weighted by Crippen LogP contribution is 2.37. The van der Waals surface area contributed by atoms with Gasteiger partial charge in [-0.15, -0.1) is 6.58 Å². The Hall–Kier alpha value is -4.01. The molecule has 4 rings (SSSR count). The molecule has 0 N–H and O–H groups in total. The Morgan fingerprint density at radius 2 is 1.23 bits per heavy atom. The van der Waals surface area contributed by atoms with E-state index in [0.29, 0.717) is 0 Å². The lowest BCUT2D eigenvalue weighted by Crippen LogP contribution is -2.29. The number of benzene rings is 4. The van der Waals surface area contributed by atoms with Gasteiger partial charge in [-0.3, -0.25) is 0 Å². The standard InChI is InChI=1S/C25H34O3S.C24H30O2S/c1-8-20(4)28-25(27-6)19(3)17-29(7)24-14-9-18(2)15-22(24)16-21-10-12-23(26-5)13-11-21;1-6-7-14-24(3,17-25)18-27(5)23-13-8-19(2)15-21(23)16-20-9-11-22(26-4)12-10-20/h8-15,19-20,25H,1,7,16-17H2,2-6H3;6-13,15,17H,5,14,16,18H2,1-4H3. The summed E-state index contributed by atoms with van der Waals surface area (Å²) in [6.45, 7) is 16.2. The topological polar surface area (TPSA) is 54.0 Å². The Labute approximate surface area is 343 Å². The average Bonchev–Trinajstić information content (AvgIpc) is 3.19. The minimum atomic E-state index is -0.375. The van der Waals surface area contributed by atoms with Gasteiger partial charge in [0.25, 0.3) is 0 Å². The summed E-state index contributed by atoms with van der Waals surface area (Å²) in [5.74, 6) is 12.6. The van der Waals surface area contributed by atoms with Crippen LogP contribution in [0.2, 0.25) is 0 Å². The Kier molecular flexibility index (Phi) is 19.3. The summed E-state index contributed by atoms with van der Waals surface area (Å²) in [7, 11) is 4.66. The highest BCUT2D eigenvalue weighted by atomic mass is 32.2. The van der Waals surface area contributed by atoms with Gasteiger partial charge in [-0.1, -0.05) is 103 Å². The lowest BCUT2D eigenvalue weighted by atomic mass is 9.91. The zero-order chi connectivity index (χ0) is 41.3. The summed E-state index contributed by atoms with van der Waals surface area (Å²) >= 11 is 0. The number of aldehydes is 1. The van der Waals surface area contributed by atoms with Gasteiger partial charge in [0.05, 0.1) is 20.3 Å². The molecule has 0 saturated heterocycles. The molecule has 0 bridgehead atoms. The van der Waals surface area contributed by atoms with E-state index in [9.17, 15) is 4.79 Å². The van der Waals surface area contributed by atoms with Gasteiger partial charge < -0.3 is 23.7 Å². The van der Waals surface area contributed by atoms with Crippen LogP contribution in [-0.4, -0.2) is 63.3 Å². The van der Waals surface area contributed by atoms with E-state index in [1.807, 2.05) is 51.1 Å². The fourth-order valence-electron chi connectivity index (χ4n) is 6.36. The SMILES string of the molecule is C=CC(C)OC(OC)C(C)CS(=C)c1ccc(C)cc1Cc1ccc(OC)cc1.C=S(CC(C)(C=O)CC=CC)c1ccc(C)cc1Cc1ccc(OC)cc1. The normalized spacial score (nSPS) is 15.0. The number of hydrogen-bond acceptors (Lipinski definition) is 5. The van der Waals surface area contributed by atoms with Crippen molar-refractivity contribution in [3.8, 4) is 11.5 Å². The summed E-state index contributed by atoms with van der Waals surface area (Å²) in [4.78, 5) is 14.3. The second-order valence-electron chi connectivity index (χ2n) is 14.8. The van der Waals surface area contributed by atoms with E-state index >= 15 is 0 Å². The molecule has 6 unspecified atom stereocenters. The minimum absolute atomic E-state index is 0.0426. The number of aryl methyl sites for hydroxylation is 2. The van der Waals surface area contributed by atoms with Gasteiger partial charge in [-0.2, -0.15) is 21.0 Å². The van der Waals surface area contributed by atoms with Crippen molar-refractivity contribution in [2.24, 2.45) is 11.3 Å². The van der Waals surface area contributed by atoms with Gasteiger partial charge in [0.1, 0.15) is 17.8 Å². The molecule has 5 nitrogen and oxygen atoms in total. The number of ether oxygens (including phenoxy) is 4. The van der Waals surface area contributed by atoms with Gasteiger partial charge in [0, 0.05) is 34.0 Å².